The summed E-state index contributed by atoms with van der Waals surface area (Å²) in [6, 6.07) is 18.4. The van der Waals surface area contributed by atoms with Crippen molar-refractivity contribution in [3.8, 4) is 5.75 Å². The maximum Gasteiger partial charge on any atom is 0.246 e. The number of methoxy groups -OCH3 is 1. The first kappa shape index (κ1) is 19.7. The summed E-state index contributed by atoms with van der Waals surface area (Å²) in [7, 11) is 1.62. The average molecular weight is 441 g/mol. The van der Waals surface area contributed by atoms with Crippen LogP contribution in [0.15, 0.2) is 71.3 Å². The van der Waals surface area contributed by atoms with Crippen LogP contribution in [0.3, 0.4) is 0 Å². The van der Waals surface area contributed by atoms with Gasteiger partial charge in [0.25, 0.3) is 0 Å². The van der Waals surface area contributed by atoms with Gasteiger partial charge in [-0.3, -0.25) is 9.59 Å². The van der Waals surface area contributed by atoms with Crippen molar-refractivity contribution in [3.63, 3.8) is 0 Å². The van der Waals surface area contributed by atoms with E-state index in [9.17, 15) is 9.59 Å². The Balaban J connectivity index is 1.49. The van der Waals surface area contributed by atoms with Gasteiger partial charge in [0.05, 0.1) is 26.0 Å². The van der Waals surface area contributed by atoms with E-state index in [2.05, 4.69) is 11.1 Å². The van der Waals surface area contributed by atoms with E-state index < -0.39 is 12.1 Å². The van der Waals surface area contributed by atoms with Gasteiger partial charge in [0.2, 0.25) is 11.8 Å². The van der Waals surface area contributed by atoms with Crippen molar-refractivity contribution >= 4 is 22.7 Å². The lowest BCUT2D eigenvalue weighted by atomic mass is 9.86. The molecule has 4 aromatic rings. The molecule has 0 saturated carbocycles. The molecule has 0 unspecified atom stereocenters. The van der Waals surface area contributed by atoms with Crippen LogP contribution in [0, 0.1) is 0 Å². The van der Waals surface area contributed by atoms with E-state index in [4.69, 9.17) is 9.15 Å². The molecule has 0 radical (unpaired) electrons. The summed E-state index contributed by atoms with van der Waals surface area (Å²) in [5.74, 6) is 1.23. The Kier molecular flexibility index (Phi) is 4.50. The predicted octanol–water partition coefficient (Wildman–Crippen LogP) is 3.65. The van der Waals surface area contributed by atoms with Gasteiger partial charge in [0, 0.05) is 23.0 Å². The molecule has 2 aromatic heterocycles. The number of rotatable bonds is 4. The third-order valence-electron chi connectivity index (χ3n) is 6.68. The molecule has 4 heterocycles. The Morgan fingerprint density at radius 2 is 1.97 bits per heavy atom. The fourth-order valence-electron chi connectivity index (χ4n) is 5.21. The summed E-state index contributed by atoms with van der Waals surface area (Å²) >= 11 is 0. The van der Waals surface area contributed by atoms with E-state index >= 15 is 0 Å². The second kappa shape index (κ2) is 7.55. The van der Waals surface area contributed by atoms with Gasteiger partial charge in [0.1, 0.15) is 24.1 Å². The highest BCUT2D eigenvalue weighted by Gasteiger charge is 2.48. The molecule has 1 saturated heterocycles. The first-order chi connectivity index (χ1) is 16.1. The zero-order valence-corrected chi connectivity index (χ0v) is 18.2. The molecular weight excluding hydrogens is 418 g/mol. The summed E-state index contributed by atoms with van der Waals surface area (Å²) in [6.07, 6.45) is 2.05. The number of hydrogen-bond acceptors (Lipinski definition) is 4. The van der Waals surface area contributed by atoms with Crippen LogP contribution in [0.2, 0.25) is 0 Å². The van der Waals surface area contributed by atoms with E-state index in [-0.39, 0.29) is 24.9 Å². The number of ether oxygens (including phenoxy) is 1. The van der Waals surface area contributed by atoms with Crippen molar-refractivity contribution in [2.75, 3.05) is 13.7 Å². The zero-order valence-electron chi connectivity index (χ0n) is 18.2. The highest BCUT2D eigenvalue weighted by atomic mass is 16.5. The number of hydrogen-bond donors (Lipinski definition) is 1. The molecule has 33 heavy (non-hydrogen) atoms. The van der Waals surface area contributed by atoms with E-state index in [1.54, 1.807) is 29.2 Å². The topological polar surface area (TPSA) is 78.8 Å². The van der Waals surface area contributed by atoms with Crippen LogP contribution in [0.5, 0.6) is 5.75 Å². The number of benzene rings is 2. The maximum atomic E-state index is 13.7. The molecule has 0 bridgehead atoms. The molecular formula is C26H23N3O4. The van der Waals surface area contributed by atoms with Gasteiger partial charge in [-0.05, 0) is 41.5 Å². The van der Waals surface area contributed by atoms with E-state index in [1.165, 1.54) is 0 Å². The highest BCUT2D eigenvalue weighted by Crippen LogP contribution is 2.43. The predicted molar refractivity (Wildman–Crippen MR) is 122 cm³/mol. The van der Waals surface area contributed by atoms with Crippen molar-refractivity contribution in [3.05, 3.63) is 89.5 Å². The number of carbonyl (C=O) groups excluding carboxylic acids is 2. The lowest BCUT2D eigenvalue weighted by molar-refractivity contribution is -0.159. The van der Waals surface area contributed by atoms with E-state index in [1.807, 2.05) is 48.5 Å². The molecule has 2 aliphatic rings. The molecule has 1 N–H and O–H groups in total. The molecule has 2 amide bonds. The van der Waals surface area contributed by atoms with Crippen molar-refractivity contribution < 1.29 is 18.7 Å². The number of nitrogens with zero attached hydrogens (tertiary/aromatic N) is 2. The van der Waals surface area contributed by atoms with Crippen LogP contribution >= 0.6 is 0 Å². The first-order valence-electron chi connectivity index (χ1n) is 11.0. The average Bonchev–Trinajstić information content (AvgIpc) is 3.48. The van der Waals surface area contributed by atoms with Crippen LogP contribution in [-0.2, 0) is 22.6 Å². The fraction of sp³-hybridized carbons (Fsp3) is 0.231. The van der Waals surface area contributed by atoms with Crippen molar-refractivity contribution in [2.45, 2.75) is 25.0 Å². The first-order valence-corrected chi connectivity index (χ1v) is 11.0. The number of piperazine rings is 1. The lowest BCUT2D eigenvalue weighted by Crippen LogP contribution is -2.62. The monoisotopic (exact) mass is 441 g/mol. The number of carbonyl (C=O) groups is 2. The van der Waals surface area contributed by atoms with Crippen LogP contribution in [0.25, 0.3) is 10.9 Å². The third-order valence-corrected chi connectivity index (χ3v) is 6.68. The van der Waals surface area contributed by atoms with Crippen LogP contribution in [0.1, 0.15) is 28.6 Å². The Morgan fingerprint density at radius 3 is 2.79 bits per heavy atom. The second-order valence-electron chi connectivity index (χ2n) is 8.54. The van der Waals surface area contributed by atoms with E-state index in [0.717, 1.165) is 27.7 Å². The van der Waals surface area contributed by atoms with Crippen molar-refractivity contribution in [2.24, 2.45) is 0 Å². The number of H-pyrrole nitrogens is 1. The largest absolute Gasteiger partial charge is 0.497 e. The molecule has 0 spiro atoms. The normalized spacial score (nSPS) is 20.2. The lowest BCUT2D eigenvalue weighted by Gasteiger charge is -2.47. The SMILES string of the molecule is COc1cccc([C@@H]2c3[nH]c4ccccc4c3C[C@H]3C(=O)N(Cc4ccco4)CC(=O)N23)c1. The molecule has 2 aromatic carbocycles. The molecule has 7 nitrogen and oxygen atoms in total. The smallest absolute Gasteiger partial charge is 0.246 e. The number of nitrogens with one attached hydrogen (secondary N) is 1. The van der Waals surface area contributed by atoms with Gasteiger partial charge in [-0.2, -0.15) is 0 Å². The molecule has 166 valence electrons. The van der Waals surface area contributed by atoms with Gasteiger partial charge in [-0.15, -0.1) is 0 Å². The summed E-state index contributed by atoms with van der Waals surface area (Å²) in [6.45, 7) is 0.304. The summed E-state index contributed by atoms with van der Waals surface area (Å²) in [5, 5.41) is 1.09. The maximum absolute atomic E-state index is 13.7. The Morgan fingerprint density at radius 1 is 1.09 bits per heavy atom. The van der Waals surface area contributed by atoms with Crippen molar-refractivity contribution in [1.29, 1.82) is 0 Å². The van der Waals surface area contributed by atoms with Gasteiger partial charge in [0.15, 0.2) is 0 Å². The number of para-hydroxylation sites is 1. The molecule has 2 aliphatic heterocycles. The van der Waals surface area contributed by atoms with Crippen LogP contribution in [0.4, 0.5) is 0 Å². The second-order valence-corrected chi connectivity index (χ2v) is 8.54. The van der Waals surface area contributed by atoms with Crippen molar-refractivity contribution in [1.82, 2.24) is 14.8 Å². The minimum absolute atomic E-state index is 0.0199. The Hall–Kier alpha value is -4.00. The number of amides is 2. The molecule has 0 aliphatic carbocycles. The Bertz CT molecular complexity index is 1360. The number of fused-ring (bicyclic) bond motifs is 4. The molecule has 1 fully saturated rings. The molecule has 2 atom stereocenters. The van der Waals surface area contributed by atoms with Crippen LogP contribution in [-0.4, -0.2) is 46.3 Å². The quantitative estimate of drug-likeness (QED) is 0.524. The standard InChI is InChI=1S/C26H23N3O4/c1-32-17-7-4-6-16(12-17)25-24-20(19-9-2-3-10-21(19)27-24)13-22-26(31)28(15-23(30)29(22)25)14-18-8-5-11-33-18/h2-12,22,25,27H,13-15H2,1H3/t22-,25+/m0/s1. The molecule has 7 heteroatoms. The molecule has 6 rings (SSSR count). The van der Waals surface area contributed by atoms with Gasteiger partial charge in [-0.25, -0.2) is 0 Å². The van der Waals surface area contributed by atoms with E-state index in [0.29, 0.717) is 17.9 Å². The number of aromatic nitrogens is 1. The van der Waals surface area contributed by atoms with Gasteiger partial charge >= 0.3 is 0 Å². The Labute approximate surface area is 190 Å². The number of aromatic amines is 1. The minimum atomic E-state index is -0.580. The minimum Gasteiger partial charge on any atom is -0.497 e. The van der Waals surface area contributed by atoms with Crippen LogP contribution < -0.4 is 4.74 Å². The fourth-order valence-corrected chi connectivity index (χ4v) is 5.21. The van der Waals surface area contributed by atoms with Gasteiger partial charge < -0.3 is 23.9 Å². The summed E-state index contributed by atoms with van der Waals surface area (Å²) in [5.41, 5.74) is 3.96. The summed E-state index contributed by atoms with van der Waals surface area (Å²) < 4.78 is 10.9. The third kappa shape index (κ3) is 3.11. The number of furan rings is 1. The highest BCUT2D eigenvalue weighted by molar-refractivity contribution is 5.97. The van der Waals surface area contributed by atoms with Gasteiger partial charge in [-0.1, -0.05) is 30.3 Å². The summed E-state index contributed by atoms with van der Waals surface area (Å²) in [4.78, 5) is 34.1. The zero-order chi connectivity index (χ0) is 22.5.